The molecule has 1 aliphatic heterocycles. The van der Waals surface area contributed by atoms with Crippen molar-refractivity contribution in [1.29, 1.82) is 0 Å². The van der Waals surface area contributed by atoms with Crippen molar-refractivity contribution in [2.24, 2.45) is 0 Å². The molecule has 2 heterocycles. The van der Waals surface area contributed by atoms with Crippen LogP contribution in [0.15, 0.2) is 46.1 Å². The van der Waals surface area contributed by atoms with Crippen LogP contribution < -0.4 is 11.2 Å². The zero-order valence-corrected chi connectivity index (χ0v) is 22.6. The Labute approximate surface area is 218 Å². The Kier molecular flexibility index (Phi) is 8.95. The largest absolute Gasteiger partial charge is 0.455 e. The van der Waals surface area contributed by atoms with Crippen LogP contribution >= 0.6 is 0 Å². The Morgan fingerprint density at radius 2 is 1.63 bits per heavy atom. The van der Waals surface area contributed by atoms with Crippen molar-refractivity contribution in [3.05, 3.63) is 68.5 Å². The summed E-state index contributed by atoms with van der Waals surface area (Å²) in [4.78, 5) is 38.9. The first-order chi connectivity index (χ1) is 17.6. The highest BCUT2D eigenvalue weighted by Gasteiger charge is 2.60. The molecule has 210 valence electrons. The summed E-state index contributed by atoms with van der Waals surface area (Å²) in [6, 6.07) is 8.71. The van der Waals surface area contributed by atoms with Gasteiger partial charge in [0.25, 0.3) is 25.8 Å². The molecule has 2 aromatic rings. The van der Waals surface area contributed by atoms with Gasteiger partial charge in [-0.05, 0) is 12.5 Å². The first kappa shape index (κ1) is 29.7. The maximum atomic E-state index is 12.7. The lowest BCUT2D eigenvalue weighted by molar-refractivity contribution is -0.159. The van der Waals surface area contributed by atoms with E-state index in [-0.39, 0.29) is 12.2 Å². The van der Waals surface area contributed by atoms with Crippen LogP contribution in [0.25, 0.3) is 0 Å². The molecule has 0 aliphatic carbocycles. The SMILES string of the molecule is CC(=O)O[C@H]1[C@H](n2cc(C)c(=O)[nH]c2=O)OC(COS(C)(=O)=O)(COS(C)(=O)=O)[C@H]1OCc1ccccc1. The van der Waals surface area contributed by atoms with Gasteiger partial charge in [0.05, 0.1) is 19.1 Å². The molecule has 0 radical (unpaired) electrons. The number of ether oxygens (including phenoxy) is 3. The second-order valence-electron chi connectivity index (χ2n) is 8.78. The van der Waals surface area contributed by atoms with E-state index in [1.54, 1.807) is 30.3 Å². The number of aryl methyl sites for hydroxylation is 1. The molecular formula is C22H28N2O12S2. The van der Waals surface area contributed by atoms with Crippen molar-refractivity contribution in [3.63, 3.8) is 0 Å². The minimum absolute atomic E-state index is 0.105. The van der Waals surface area contributed by atoms with Gasteiger partial charge in [0, 0.05) is 18.7 Å². The summed E-state index contributed by atoms with van der Waals surface area (Å²) >= 11 is 0. The van der Waals surface area contributed by atoms with Gasteiger partial charge in [0.2, 0.25) is 0 Å². The lowest BCUT2D eigenvalue weighted by Crippen LogP contribution is -2.53. The molecule has 0 unspecified atom stereocenters. The van der Waals surface area contributed by atoms with Crippen LogP contribution in [0.4, 0.5) is 0 Å². The molecule has 16 heteroatoms. The van der Waals surface area contributed by atoms with Crippen LogP contribution in [-0.2, 0) is 54.2 Å². The van der Waals surface area contributed by atoms with Gasteiger partial charge in [-0.3, -0.25) is 27.5 Å². The topological polar surface area (TPSA) is 186 Å². The molecule has 3 atom stereocenters. The van der Waals surface area contributed by atoms with Crippen molar-refractivity contribution < 1.29 is 44.2 Å². The fourth-order valence-corrected chi connectivity index (χ4v) is 4.65. The van der Waals surface area contributed by atoms with Crippen molar-refractivity contribution in [3.8, 4) is 0 Å². The Bertz CT molecular complexity index is 1450. The van der Waals surface area contributed by atoms with E-state index in [4.69, 9.17) is 22.6 Å². The molecule has 0 bridgehead atoms. The minimum Gasteiger partial charge on any atom is -0.455 e. The van der Waals surface area contributed by atoms with Crippen LogP contribution in [0.5, 0.6) is 0 Å². The van der Waals surface area contributed by atoms with Crippen LogP contribution in [0.2, 0.25) is 0 Å². The number of nitrogens with zero attached hydrogens (tertiary/aromatic N) is 1. The van der Waals surface area contributed by atoms with Crippen molar-refractivity contribution in [2.75, 3.05) is 25.7 Å². The van der Waals surface area contributed by atoms with E-state index < -0.39 is 74.7 Å². The monoisotopic (exact) mass is 576 g/mol. The molecule has 38 heavy (non-hydrogen) atoms. The van der Waals surface area contributed by atoms with Gasteiger partial charge in [-0.2, -0.15) is 16.8 Å². The van der Waals surface area contributed by atoms with Crippen LogP contribution in [0, 0.1) is 6.92 Å². The Hall–Kier alpha value is -2.89. The summed E-state index contributed by atoms with van der Waals surface area (Å²) in [6.45, 7) is 0.740. The molecule has 14 nitrogen and oxygen atoms in total. The average molecular weight is 577 g/mol. The second-order valence-corrected chi connectivity index (χ2v) is 12.1. The maximum absolute atomic E-state index is 12.7. The number of carbonyl (C=O) groups excluding carboxylic acids is 1. The van der Waals surface area contributed by atoms with E-state index in [1.807, 2.05) is 0 Å². The Balaban J connectivity index is 2.18. The highest BCUT2D eigenvalue weighted by Crippen LogP contribution is 2.42. The number of aromatic nitrogens is 2. The van der Waals surface area contributed by atoms with Crippen LogP contribution in [0.1, 0.15) is 24.3 Å². The van der Waals surface area contributed by atoms with Crippen LogP contribution in [-0.4, -0.2) is 75.9 Å². The Morgan fingerprint density at radius 3 is 2.16 bits per heavy atom. The number of aromatic amines is 1. The molecule has 1 N–H and O–H groups in total. The normalized spacial score (nSPS) is 21.3. The number of esters is 1. The molecule has 1 fully saturated rings. The third-order valence-corrected chi connectivity index (χ3v) is 6.57. The molecule has 1 aromatic heterocycles. The van der Waals surface area contributed by atoms with Crippen LogP contribution in [0.3, 0.4) is 0 Å². The summed E-state index contributed by atoms with van der Waals surface area (Å²) in [5, 5.41) is 0. The van der Waals surface area contributed by atoms with Gasteiger partial charge >= 0.3 is 11.7 Å². The van der Waals surface area contributed by atoms with Crippen molar-refractivity contribution >= 4 is 26.2 Å². The molecule has 1 aliphatic rings. The molecule has 3 rings (SSSR count). The third kappa shape index (κ3) is 7.58. The summed E-state index contributed by atoms with van der Waals surface area (Å²) in [6.07, 6.45) is -1.67. The zero-order chi connectivity index (χ0) is 28.3. The second kappa shape index (κ2) is 11.5. The average Bonchev–Trinajstić information content (AvgIpc) is 3.10. The summed E-state index contributed by atoms with van der Waals surface area (Å²) in [5.74, 6) is -0.810. The van der Waals surface area contributed by atoms with Gasteiger partial charge in [0.1, 0.15) is 19.3 Å². The van der Waals surface area contributed by atoms with Gasteiger partial charge in [0.15, 0.2) is 17.9 Å². The van der Waals surface area contributed by atoms with Gasteiger partial charge in [-0.1, -0.05) is 30.3 Å². The molecule has 1 saturated heterocycles. The summed E-state index contributed by atoms with van der Waals surface area (Å²) in [7, 11) is -8.20. The molecule has 0 amide bonds. The molecular weight excluding hydrogens is 548 g/mol. The first-order valence-corrected chi connectivity index (χ1v) is 14.7. The van der Waals surface area contributed by atoms with E-state index in [1.165, 1.54) is 6.92 Å². The fourth-order valence-electron chi connectivity index (χ4n) is 3.82. The minimum atomic E-state index is -4.10. The van der Waals surface area contributed by atoms with E-state index in [0.29, 0.717) is 5.56 Å². The predicted octanol–water partition coefficient (Wildman–Crippen LogP) is -0.418. The quantitative estimate of drug-likeness (QED) is 0.269. The van der Waals surface area contributed by atoms with E-state index in [2.05, 4.69) is 4.98 Å². The smallest absolute Gasteiger partial charge is 0.330 e. The number of rotatable bonds is 11. The fraction of sp³-hybridized carbons (Fsp3) is 0.500. The predicted molar refractivity (Wildman–Crippen MR) is 131 cm³/mol. The number of benzene rings is 1. The third-order valence-electron chi connectivity index (χ3n) is 5.48. The number of nitrogens with one attached hydrogen (secondary N) is 1. The Morgan fingerprint density at radius 1 is 1.05 bits per heavy atom. The molecule has 1 aromatic carbocycles. The number of carbonyl (C=O) groups is 1. The number of H-pyrrole nitrogens is 1. The highest BCUT2D eigenvalue weighted by atomic mass is 32.2. The van der Waals surface area contributed by atoms with E-state index >= 15 is 0 Å². The number of hydrogen-bond acceptors (Lipinski definition) is 12. The van der Waals surface area contributed by atoms with E-state index in [9.17, 15) is 31.2 Å². The lowest BCUT2D eigenvalue weighted by Gasteiger charge is -2.33. The van der Waals surface area contributed by atoms with Crippen molar-refractivity contribution in [1.82, 2.24) is 9.55 Å². The molecule has 0 saturated carbocycles. The van der Waals surface area contributed by atoms with Gasteiger partial charge < -0.3 is 14.2 Å². The molecule has 0 spiro atoms. The summed E-state index contributed by atoms with van der Waals surface area (Å²) in [5.41, 5.74) is -2.87. The van der Waals surface area contributed by atoms with E-state index in [0.717, 1.165) is 30.2 Å². The zero-order valence-electron chi connectivity index (χ0n) is 21.0. The maximum Gasteiger partial charge on any atom is 0.330 e. The van der Waals surface area contributed by atoms with Crippen molar-refractivity contribution in [2.45, 2.75) is 44.5 Å². The highest BCUT2D eigenvalue weighted by molar-refractivity contribution is 7.86. The van der Waals surface area contributed by atoms with Gasteiger partial charge in [-0.25, -0.2) is 4.79 Å². The number of hydrogen-bond donors (Lipinski definition) is 1. The lowest BCUT2D eigenvalue weighted by atomic mass is 9.96. The summed E-state index contributed by atoms with van der Waals surface area (Å²) < 4.78 is 76.1. The van der Waals surface area contributed by atoms with Gasteiger partial charge in [-0.15, -0.1) is 0 Å². The first-order valence-electron chi connectivity index (χ1n) is 11.1. The standard InChI is InChI=1S/C22H28N2O12S2/c1-14-10-24(21(27)23-19(14)26)20-17(35-15(2)25)18(32-11-16-8-6-5-7-9-16)22(36-20,12-33-37(3,28)29)13-34-38(4,30)31/h5-10,17-18,20H,11-13H2,1-4H3,(H,23,26,27)/t17-,18+,20-/m1/s1.